The van der Waals surface area contributed by atoms with Crippen LogP contribution in [0.2, 0.25) is 0 Å². The van der Waals surface area contributed by atoms with Crippen LogP contribution in [0.1, 0.15) is 28.8 Å². The Balaban J connectivity index is 1.89. The van der Waals surface area contributed by atoms with Crippen molar-refractivity contribution in [2.24, 2.45) is 0 Å². The van der Waals surface area contributed by atoms with Gasteiger partial charge in [-0.05, 0) is 65.5 Å². The molecule has 1 amide bonds. The number of nitrogens with zero attached hydrogens (tertiary/aromatic N) is 1. The van der Waals surface area contributed by atoms with E-state index in [1.54, 1.807) is 6.07 Å². The van der Waals surface area contributed by atoms with Gasteiger partial charge in [0.2, 0.25) is 0 Å². The van der Waals surface area contributed by atoms with E-state index in [0.29, 0.717) is 16.9 Å². The van der Waals surface area contributed by atoms with Crippen molar-refractivity contribution in [3.63, 3.8) is 0 Å². The number of amides is 1. The predicted octanol–water partition coefficient (Wildman–Crippen LogP) is 4.19. The molecule has 2 aromatic rings. The topological polar surface area (TPSA) is 58.4 Å². The summed E-state index contributed by atoms with van der Waals surface area (Å²) in [6.45, 7) is 4.17. The largest absolute Gasteiger partial charge is 0.397 e. The van der Waals surface area contributed by atoms with E-state index in [2.05, 4.69) is 33.1 Å². The van der Waals surface area contributed by atoms with Crippen molar-refractivity contribution in [1.82, 2.24) is 0 Å². The lowest BCUT2D eigenvalue weighted by atomic mass is 10.1. The summed E-state index contributed by atoms with van der Waals surface area (Å²) < 4.78 is 0.767. The number of anilines is 3. The summed E-state index contributed by atoms with van der Waals surface area (Å²) in [5.74, 6) is -0.166. The van der Waals surface area contributed by atoms with Crippen LogP contribution in [0.15, 0.2) is 40.9 Å². The third kappa shape index (κ3) is 3.34. The van der Waals surface area contributed by atoms with E-state index in [9.17, 15) is 4.79 Å². The Morgan fingerprint density at radius 3 is 2.61 bits per heavy atom. The maximum absolute atomic E-state index is 12.5. The summed E-state index contributed by atoms with van der Waals surface area (Å²) >= 11 is 3.41. The first-order valence-electron chi connectivity index (χ1n) is 7.77. The zero-order valence-corrected chi connectivity index (χ0v) is 14.7. The Morgan fingerprint density at radius 1 is 1.22 bits per heavy atom. The van der Waals surface area contributed by atoms with Crippen LogP contribution in [0.5, 0.6) is 0 Å². The molecule has 2 aromatic carbocycles. The Kier molecular flexibility index (Phi) is 4.57. The van der Waals surface area contributed by atoms with E-state index >= 15 is 0 Å². The van der Waals surface area contributed by atoms with Crippen LogP contribution in [0, 0.1) is 6.92 Å². The summed E-state index contributed by atoms with van der Waals surface area (Å²) in [7, 11) is 0. The van der Waals surface area contributed by atoms with Gasteiger partial charge >= 0.3 is 0 Å². The zero-order valence-electron chi connectivity index (χ0n) is 13.1. The predicted molar refractivity (Wildman–Crippen MR) is 99.1 cm³/mol. The van der Waals surface area contributed by atoms with Crippen LogP contribution < -0.4 is 16.0 Å². The van der Waals surface area contributed by atoms with E-state index in [1.807, 2.05) is 30.3 Å². The van der Waals surface area contributed by atoms with E-state index < -0.39 is 0 Å². The minimum Gasteiger partial charge on any atom is -0.397 e. The Labute approximate surface area is 144 Å². The molecule has 0 aromatic heterocycles. The van der Waals surface area contributed by atoms with Crippen molar-refractivity contribution in [2.45, 2.75) is 19.8 Å². The SMILES string of the molecule is Cc1cc(N)c(NC(=O)c2ccccc2Br)cc1N1CCCC1. The number of carbonyl (C=O) groups is 1. The van der Waals surface area contributed by atoms with Crippen molar-refractivity contribution in [2.75, 3.05) is 29.0 Å². The standard InChI is InChI=1S/C18H20BrN3O/c1-12-10-15(20)16(11-17(12)22-8-4-5-9-22)21-18(23)13-6-2-3-7-14(13)19/h2-3,6-7,10-11H,4-5,8-9,20H2,1H3,(H,21,23). The van der Waals surface area contributed by atoms with Crippen molar-refractivity contribution in [3.8, 4) is 0 Å². The minimum atomic E-state index is -0.166. The lowest BCUT2D eigenvalue weighted by Crippen LogP contribution is -2.20. The fourth-order valence-electron chi connectivity index (χ4n) is 2.96. The molecule has 3 rings (SSSR count). The second-order valence-corrected chi connectivity index (χ2v) is 6.71. The highest BCUT2D eigenvalue weighted by atomic mass is 79.9. The maximum atomic E-state index is 12.5. The molecule has 120 valence electrons. The number of hydrogen-bond donors (Lipinski definition) is 2. The number of rotatable bonds is 3. The Morgan fingerprint density at radius 2 is 1.91 bits per heavy atom. The molecule has 0 aliphatic carbocycles. The second kappa shape index (κ2) is 6.62. The molecular formula is C18H20BrN3O. The van der Waals surface area contributed by atoms with Gasteiger partial charge in [-0.25, -0.2) is 0 Å². The summed E-state index contributed by atoms with van der Waals surface area (Å²) in [4.78, 5) is 14.8. The van der Waals surface area contributed by atoms with Gasteiger partial charge in [-0.1, -0.05) is 12.1 Å². The maximum Gasteiger partial charge on any atom is 0.256 e. The van der Waals surface area contributed by atoms with Crippen LogP contribution >= 0.6 is 15.9 Å². The molecule has 1 aliphatic rings. The monoisotopic (exact) mass is 373 g/mol. The van der Waals surface area contributed by atoms with Crippen molar-refractivity contribution in [1.29, 1.82) is 0 Å². The summed E-state index contributed by atoms with van der Waals surface area (Å²) in [6.07, 6.45) is 2.42. The van der Waals surface area contributed by atoms with Gasteiger partial charge in [-0.2, -0.15) is 0 Å². The molecule has 4 nitrogen and oxygen atoms in total. The van der Waals surface area contributed by atoms with Gasteiger partial charge in [-0.3, -0.25) is 4.79 Å². The molecule has 0 radical (unpaired) electrons. The smallest absolute Gasteiger partial charge is 0.256 e. The van der Waals surface area contributed by atoms with Gasteiger partial charge in [0.1, 0.15) is 0 Å². The first-order chi connectivity index (χ1) is 11.1. The second-order valence-electron chi connectivity index (χ2n) is 5.85. The molecule has 1 aliphatic heterocycles. The van der Waals surface area contributed by atoms with Gasteiger partial charge in [0.05, 0.1) is 16.9 Å². The summed E-state index contributed by atoms with van der Waals surface area (Å²) in [5.41, 5.74) is 10.2. The van der Waals surface area contributed by atoms with Crippen LogP contribution in [0.3, 0.4) is 0 Å². The van der Waals surface area contributed by atoms with Gasteiger partial charge in [0.25, 0.3) is 5.91 Å². The highest BCUT2D eigenvalue weighted by Crippen LogP contribution is 2.32. The third-order valence-electron chi connectivity index (χ3n) is 4.18. The number of halogens is 1. The molecule has 3 N–H and O–H groups in total. The molecular weight excluding hydrogens is 354 g/mol. The molecule has 0 atom stereocenters. The average molecular weight is 374 g/mol. The number of hydrogen-bond acceptors (Lipinski definition) is 3. The molecule has 1 fully saturated rings. The Bertz CT molecular complexity index is 739. The van der Waals surface area contributed by atoms with Gasteiger partial charge in [0.15, 0.2) is 0 Å². The van der Waals surface area contributed by atoms with Crippen molar-refractivity contribution in [3.05, 3.63) is 52.0 Å². The molecule has 0 saturated carbocycles. The summed E-state index contributed by atoms with van der Waals surface area (Å²) in [5, 5.41) is 2.94. The quantitative estimate of drug-likeness (QED) is 0.792. The number of nitrogens with one attached hydrogen (secondary N) is 1. The Hall–Kier alpha value is -2.01. The fraction of sp³-hybridized carbons (Fsp3) is 0.278. The molecule has 0 bridgehead atoms. The van der Waals surface area contributed by atoms with Crippen LogP contribution in [0.25, 0.3) is 0 Å². The normalized spacial score (nSPS) is 14.1. The first kappa shape index (κ1) is 15.9. The lowest BCUT2D eigenvalue weighted by molar-refractivity contribution is 0.102. The summed E-state index contributed by atoms with van der Waals surface area (Å²) in [6, 6.07) is 11.3. The van der Waals surface area contributed by atoms with Gasteiger partial charge in [0, 0.05) is 23.2 Å². The van der Waals surface area contributed by atoms with Crippen molar-refractivity contribution >= 4 is 38.9 Å². The van der Waals surface area contributed by atoms with E-state index in [1.165, 1.54) is 12.8 Å². The number of aryl methyl sites for hydroxylation is 1. The number of benzene rings is 2. The highest BCUT2D eigenvalue weighted by molar-refractivity contribution is 9.10. The average Bonchev–Trinajstić information content (AvgIpc) is 3.04. The number of nitrogen functional groups attached to an aromatic ring is 1. The van der Waals surface area contributed by atoms with E-state index in [-0.39, 0.29) is 5.91 Å². The van der Waals surface area contributed by atoms with E-state index in [4.69, 9.17) is 5.73 Å². The van der Waals surface area contributed by atoms with Gasteiger partial charge in [-0.15, -0.1) is 0 Å². The fourth-order valence-corrected chi connectivity index (χ4v) is 3.43. The molecule has 5 heteroatoms. The van der Waals surface area contributed by atoms with Crippen LogP contribution in [-0.4, -0.2) is 19.0 Å². The van der Waals surface area contributed by atoms with Gasteiger partial charge < -0.3 is 16.0 Å². The van der Waals surface area contributed by atoms with Crippen molar-refractivity contribution < 1.29 is 4.79 Å². The van der Waals surface area contributed by atoms with Crippen LogP contribution in [-0.2, 0) is 0 Å². The molecule has 0 spiro atoms. The number of carbonyl (C=O) groups excluding carboxylic acids is 1. The molecule has 1 heterocycles. The molecule has 0 unspecified atom stereocenters. The van der Waals surface area contributed by atoms with Crippen LogP contribution in [0.4, 0.5) is 17.1 Å². The number of nitrogens with two attached hydrogens (primary N) is 1. The third-order valence-corrected chi connectivity index (χ3v) is 4.87. The zero-order chi connectivity index (χ0) is 16.4. The van der Waals surface area contributed by atoms with E-state index in [0.717, 1.165) is 28.8 Å². The molecule has 23 heavy (non-hydrogen) atoms. The molecule has 1 saturated heterocycles. The minimum absolute atomic E-state index is 0.166. The first-order valence-corrected chi connectivity index (χ1v) is 8.56. The lowest BCUT2D eigenvalue weighted by Gasteiger charge is -2.22. The highest BCUT2D eigenvalue weighted by Gasteiger charge is 2.17.